The van der Waals surface area contributed by atoms with E-state index in [1.54, 1.807) is 6.92 Å². The monoisotopic (exact) mass is 349 g/mol. The smallest absolute Gasteiger partial charge is 0.233 e. The molecule has 1 amide bonds. The van der Waals surface area contributed by atoms with Gasteiger partial charge in [-0.2, -0.15) is 0 Å². The average molecular weight is 349 g/mol. The molecule has 0 aliphatic rings. The van der Waals surface area contributed by atoms with Gasteiger partial charge in [0.25, 0.3) is 0 Å². The first-order chi connectivity index (χ1) is 11.5. The molecule has 5 heteroatoms. The van der Waals surface area contributed by atoms with Crippen molar-refractivity contribution in [2.24, 2.45) is 0 Å². The highest BCUT2D eigenvalue weighted by atomic mass is 32.2. The fourth-order valence-corrected chi connectivity index (χ4v) is 3.29. The van der Waals surface area contributed by atoms with Crippen LogP contribution in [0.1, 0.15) is 31.7 Å². The summed E-state index contributed by atoms with van der Waals surface area (Å²) in [5, 5.41) is 2.47. The maximum Gasteiger partial charge on any atom is 0.233 e. The van der Waals surface area contributed by atoms with Crippen LogP contribution < -0.4 is 5.32 Å². The minimum Gasteiger partial charge on any atom is -0.355 e. The van der Waals surface area contributed by atoms with Crippen LogP contribution in [0.2, 0.25) is 0 Å². The van der Waals surface area contributed by atoms with Crippen LogP contribution in [0.3, 0.4) is 0 Å². The van der Waals surface area contributed by atoms with Crippen molar-refractivity contribution >= 4 is 17.7 Å². The topological polar surface area (TPSA) is 29.1 Å². The van der Waals surface area contributed by atoms with Crippen molar-refractivity contribution in [2.75, 3.05) is 6.54 Å². The Bertz CT molecular complexity index is 678. The number of hydrogen-bond donors (Lipinski definition) is 1. The Morgan fingerprint density at radius 2 is 1.88 bits per heavy atom. The van der Waals surface area contributed by atoms with E-state index in [1.807, 2.05) is 30.3 Å². The molecule has 0 aliphatic carbocycles. The summed E-state index contributed by atoms with van der Waals surface area (Å²) in [4.78, 5) is 12.5. The highest BCUT2D eigenvalue weighted by Gasteiger charge is 2.18. The van der Waals surface area contributed by atoms with Gasteiger partial charge in [-0.15, -0.1) is 11.8 Å². The molecule has 128 valence electrons. The number of nitrogens with one attached hydrogen (secondary N) is 1. The molecule has 2 nitrogen and oxygen atoms in total. The third-order valence-corrected chi connectivity index (χ3v) is 5.01. The summed E-state index contributed by atoms with van der Waals surface area (Å²) < 4.78 is 26.6. The molecule has 0 fully saturated rings. The number of benzene rings is 2. The zero-order chi connectivity index (χ0) is 17.5. The van der Waals surface area contributed by atoms with Gasteiger partial charge in [-0.25, -0.2) is 8.78 Å². The summed E-state index contributed by atoms with van der Waals surface area (Å²) in [5.74, 6) is -1.18. The van der Waals surface area contributed by atoms with Crippen molar-refractivity contribution < 1.29 is 13.6 Å². The van der Waals surface area contributed by atoms with E-state index in [-0.39, 0.29) is 16.7 Å². The van der Waals surface area contributed by atoms with E-state index >= 15 is 0 Å². The van der Waals surface area contributed by atoms with Crippen LogP contribution in [0.25, 0.3) is 0 Å². The predicted molar refractivity (Wildman–Crippen MR) is 94.2 cm³/mol. The first kappa shape index (κ1) is 18.5. The van der Waals surface area contributed by atoms with E-state index in [0.717, 1.165) is 24.2 Å². The first-order valence-electron chi connectivity index (χ1n) is 7.95. The zero-order valence-corrected chi connectivity index (χ0v) is 14.6. The lowest BCUT2D eigenvalue weighted by molar-refractivity contribution is -0.120. The predicted octanol–water partition coefficient (Wildman–Crippen LogP) is 4.76. The van der Waals surface area contributed by atoms with Crippen molar-refractivity contribution in [3.05, 3.63) is 65.7 Å². The number of thioether (sulfide) groups is 1. The van der Waals surface area contributed by atoms with E-state index in [4.69, 9.17) is 0 Å². The molecule has 2 atom stereocenters. The molecule has 0 aliphatic heterocycles. The van der Waals surface area contributed by atoms with Crippen molar-refractivity contribution in [1.29, 1.82) is 0 Å². The largest absolute Gasteiger partial charge is 0.355 e. The standard InChI is InChI=1S/C19H21F2NOS/c1-3-14(15-7-5-4-6-8-15)12-22-19(23)13(2)24-18-10-9-16(20)11-17(18)21/h4-11,13-14H,3,12H2,1-2H3,(H,22,23)/t13-,14-/m1/s1. The second kappa shape index (κ2) is 8.83. The lowest BCUT2D eigenvalue weighted by Gasteiger charge is -2.18. The fourth-order valence-electron chi connectivity index (χ4n) is 2.41. The van der Waals surface area contributed by atoms with E-state index < -0.39 is 16.9 Å². The number of halogens is 2. The van der Waals surface area contributed by atoms with Gasteiger partial charge in [0, 0.05) is 23.4 Å². The van der Waals surface area contributed by atoms with Gasteiger partial charge in [-0.3, -0.25) is 4.79 Å². The van der Waals surface area contributed by atoms with Crippen molar-refractivity contribution in [3.63, 3.8) is 0 Å². The molecule has 0 saturated heterocycles. The Morgan fingerprint density at radius 1 is 1.17 bits per heavy atom. The van der Waals surface area contributed by atoms with Gasteiger partial charge >= 0.3 is 0 Å². The molecule has 0 spiro atoms. The number of amides is 1. The van der Waals surface area contributed by atoms with Gasteiger partial charge < -0.3 is 5.32 Å². The van der Waals surface area contributed by atoms with Crippen molar-refractivity contribution in [3.8, 4) is 0 Å². The number of rotatable bonds is 7. The van der Waals surface area contributed by atoms with Crippen LogP contribution in [0.15, 0.2) is 53.4 Å². The van der Waals surface area contributed by atoms with Crippen molar-refractivity contribution in [2.45, 2.75) is 36.3 Å². The summed E-state index contributed by atoms with van der Waals surface area (Å²) in [6.45, 7) is 4.33. The van der Waals surface area contributed by atoms with Crippen molar-refractivity contribution in [1.82, 2.24) is 5.32 Å². The molecule has 0 saturated carbocycles. The molecule has 0 heterocycles. The van der Waals surface area contributed by atoms with E-state index in [0.29, 0.717) is 6.54 Å². The number of carbonyl (C=O) groups excluding carboxylic acids is 1. The minimum absolute atomic E-state index is 0.155. The third kappa shape index (κ3) is 5.06. The molecule has 1 N–H and O–H groups in total. The summed E-state index contributed by atoms with van der Waals surface area (Å²) in [6.07, 6.45) is 0.915. The molecular weight excluding hydrogens is 328 g/mol. The number of hydrogen-bond acceptors (Lipinski definition) is 2. The maximum absolute atomic E-state index is 13.7. The second-order valence-corrected chi connectivity index (χ2v) is 6.98. The highest BCUT2D eigenvalue weighted by molar-refractivity contribution is 8.00. The molecule has 2 aromatic rings. The molecule has 0 aromatic heterocycles. The van der Waals surface area contributed by atoms with E-state index in [9.17, 15) is 13.6 Å². The Labute approximate surface area is 145 Å². The number of carbonyl (C=O) groups is 1. The van der Waals surface area contributed by atoms with Crippen LogP contribution in [0.4, 0.5) is 8.78 Å². The van der Waals surface area contributed by atoms with E-state index in [2.05, 4.69) is 12.2 Å². The lowest BCUT2D eigenvalue weighted by atomic mass is 9.96. The Balaban J connectivity index is 1.91. The highest BCUT2D eigenvalue weighted by Crippen LogP contribution is 2.27. The Kier molecular flexibility index (Phi) is 6.79. The Morgan fingerprint density at radius 3 is 2.50 bits per heavy atom. The lowest BCUT2D eigenvalue weighted by Crippen LogP contribution is -2.34. The SMILES string of the molecule is CC[C@H](CNC(=O)[C@@H](C)Sc1ccc(F)cc1F)c1ccccc1. The summed E-state index contributed by atoms with van der Waals surface area (Å²) in [7, 11) is 0. The Hall–Kier alpha value is -1.88. The summed E-state index contributed by atoms with van der Waals surface area (Å²) >= 11 is 1.09. The summed E-state index contributed by atoms with van der Waals surface area (Å²) in [5.41, 5.74) is 1.19. The zero-order valence-electron chi connectivity index (χ0n) is 13.8. The quantitative estimate of drug-likeness (QED) is 0.731. The molecule has 2 aromatic carbocycles. The normalized spacial score (nSPS) is 13.3. The maximum atomic E-state index is 13.7. The average Bonchev–Trinajstić information content (AvgIpc) is 2.58. The van der Waals surface area contributed by atoms with Gasteiger partial charge in [0.05, 0.1) is 5.25 Å². The van der Waals surface area contributed by atoms with Crippen LogP contribution in [-0.2, 0) is 4.79 Å². The van der Waals surface area contributed by atoms with Gasteiger partial charge in [-0.1, -0.05) is 37.3 Å². The van der Waals surface area contributed by atoms with Gasteiger partial charge in [0.1, 0.15) is 11.6 Å². The fraction of sp³-hybridized carbons (Fsp3) is 0.316. The van der Waals surface area contributed by atoms with Gasteiger partial charge in [-0.05, 0) is 31.0 Å². The van der Waals surface area contributed by atoms with Crippen LogP contribution in [0.5, 0.6) is 0 Å². The molecule has 0 unspecified atom stereocenters. The van der Waals surface area contributed by atoms with E-state index in [1.165, 1.54) is 17.7 Å². The molecule has 0 radical (unpaired) electrons. The third-order valence-electron chi connectivity index (χ3n) is 3.85. The molecule has 24 heavy (non-hydrogen) atoms. The van der Waals surface area contributed by atoms with Crippen LogP contribution >= 0.6 is 11.8 Å². The van der Waals surface area contributed by atoms with Gasteiger partial charge in [0.15, 0.2) is 0 Å². The summed E-state index contributed by atoms with van der Waals surface area (Å²) in [6, 6.07) is 13.4. The second-order valence-electron chi connectivity index (χ2n) is 5.60. The van der Waals surface area contributed by atoms with Gasteiger partial charge in [0.2, 0.25) is 5.91 Å². The van der Waals surface area contributed by atoms with Crippen LogP contribution in [0, 0.1) is 11.6 Å². The van der Waals surface area contributed by atoms with Crippen LogP contribution in [-0.4, -0.2) is 17.7 Å². The minimum atomic E-state index is -0.643. The molecule has 2 rings (SSSR count). The molecular formula is C19H21F2NOS. The first-order valence-corrected chi connectivity index (χ1v) is 8.83. The molecule has 0 bridgehead atoms.